The quantitative estimate of drug-likeness (QED) is 0.373. The van der Waals surface area contributed by atoms with Crippen molar-refractivity contribution in [2.24, 2.45) is 0 Å². The van der Waals surface area contributed by atoms with Crippen molar-refractivity contribution in [2.45, 2.75) is 13.0 Å². The summed E-state index contributed by atoms with van der Waals surface area (Å²) in [7, 11) is 1.99. The Labute approximate surface area is 72.7 Å². The third kappa shape index (κ3) is 2.65. The van der Waals surface area contributed by atoms with Crippen molar-refractivity contribution in [1.29, 1.82) is 0 Å². The van der Waals surface area contributed by atoms with Gasteiger partial charge in [-0.05, 0) is 13.0 Å². The van der Waals surface area contributed by atoms with Crippen molar-refractivity contribution in [3.8, 4) is 11.8 Å². The largest absolute Gasteiger partial charge is 0.377 e. The van der Waals surface area contributed by atoms with Crippen LogP contribution >= 0.6 is 0 Å². The van der Waals surface area contributed by atoms with Gasteiger partial charge >= 0.3 is 0 Å². The molecule has 0 spiro atoms. The lowest BCUT2D eigenvalue weighted by atomic mass is 10.2. The van der Waals surface area contributed by atoms with Crippen molar-refractivity contribution in [1.82, 2.24) is 4.90 Å². The molecule has 1 saturated heterocycles. The van der Waals surface area contributed by atoms with E-state index >= 15 is 0 Å². The van der Waals surface area contributed by atoms with E-state index in [4.69, 9.17) is 4.74 Å². The zero-order valence-corrected chi connectivity index (χ0v) is 7.46. The minimum absolute atomic E-state index is 0.0858. The molecule has 0 saturated carbocycles. The average Bonchev–Trinajstić information content (AvgIpc) is 2.03. The topological polar surface area (TPSA) is 29.5 Å². The summed E-state index contributed by atoms with van der Waals surface area (Å²) in [6, 6.07) is 0.0858. The molecule has 3 heteroatoms. The van der Waals surface area contributed by atoms with Gasteiger partial charge in [-0.2, -0.15) is 0 Å². The number of hydrogen-bond donors (Lipinski definition) is 0. The third-order valence-corrected chi connectivity index (χ3v) is 1.81. The summed E-state index contributed by atoms with van der Waals surface area (Å²) in [6.07, 6.45) is 0. The Kier molecular flexibility index (Phi) is 3.27. The van der Waals surface area contributed by atoms with Crippen LogP contribution in [0.3, 0.4) is 0 Å². The predicted molar refractivity (Wildman–Crippen MR) is 45.7 cm³/mol. The minimum atomic E-state index is -0.0889. The second kappa shape index (κ2) is 4.24. The van der Waals surface area contributed by atoms with E-state index < -0.39 is 0 Å². The summed E-state index contributed by atoms with van der Waals surface area (Å²) in [4.78, 5) is 12.7. The molecule has 1 rings (SSSR count). The highest BCUT2D eigenvalue weighted by Gasteiger charge is 2.16. The van der Waals surface area contributed by atoms with Gasteiger partial charge < -0.3 is 4.74 Å². The monoisotopic (exact) mass is 167 g/mol. The lowest BCUT2D eigenvalue weighted by Gasteiger charge is -2.28. The van der Waals surface area contributed by atoms with E-state index in [2.05, 4.69) is 16.7 Å². The molecule has 0 aromatic rings. The number of rotatable bonds is 0. The van der Waals surface area contributed by atoms with Gasteiger partial charge in [0.05, 0.1) is 19.3 Å². The van der Waals surface area contributed by atoms with Gasteiger partial charge in [-0.25, -0.2) is 0 Å². The van der Waals surface area contributed by atoms with Gasteiger partial charge in [0.25, 0.3) is 0 Å². The lowest BCUT2D eigenvalue weighted by molar-refractivity contribution is -0.111. The van der Waals surface area contributed by atoms with Crippen molar-refractivity contribution in [3.05, 3.63) is 0 Å². The van der Waals surface area contributed by atoms with E-state index in [1.165, 1.54) is 6.92 Å². The fourth-order valence-electron chi connectivity index (χ4n) is 1.02. The van der Waals surface area contributed by atoms with Crippen LogP contribution in [0, 0.1) is 11.8 Å². The number of carbonyl (C=O) groups excluding carboxylic acids is 1. The molecule has 0 aliphatic carbocycles. The van der Waals surface area contributed by atoms with Gasteiger partial charge in [-0.3, -0.25) is 9.69 Å². The smallest absolute Gasteiger partial charge is 0.202 e. The molecule has 0 bridgehead atoms. The fraction of sp³-hybridized carbons (Fsp3) is 0.667. The lowest BCUT2D eigenvalue weighted by Crippen LogP contribution is -2.41. The normalized spacial score (nSPS) is 24.3. The first kappa shape index (κ1) is 9.24. The Bertz CT molecular complexity index is 226. The van der Waals surface area contributed by atoms with Crippen molar-refractivity contribution < 1.29 is 9.53 Å². The molecule has 0 aromatic heterocycles. The van der Waals surface area contributed by atoms with Crippen LogP contribution in [0.4, 0.5) is 0 Å². The van der Waals surface area contributed by atoms with Gasteiger partial charge in [-0.1, -0.05) is 5.92 Å². The molecule has 0 N–H and O–H groups in total. The van der Waals surface area contributed by atoms with E-state index in [9.17, 15) is 4.79 Å². The van der Waals surface area contributed by atoms with Crippen LogP contribution < -0.4 is 0 Å². The van der Waals surface area contributed by atoms with E-state index in [-0.39, 0.29) is 11.8 Å². The average molecular weight is 167 g/mol. The van der Waals surface area contributed by atoms with Crippen LogP contribution in [0.15, 0.2) is 0 Å². The molecule has 0 aromatic carbocycles. The molecule has 1 heterocycles. The minimum Gasteiger partial charge on any atom is -0.377 e. The molecule has 12 heavy (non-hydrogen) atoms. The highest BCUT2D eigenvalue weighted by Crippen LogP contribution is 2.01. The molecular weight excluding hydrogens is 154 g/mol. The Balaban J connectivity index is 2.51. The maximum absolute atomic E-state index is 10.6. The number of Topliss-reactive ketones (excluding diaryl/α,β-unsaturated/α-hetero) is 1. The molecule has 66 valence electrons. The number of nitrogens with zero attached hydrogens (tertiary/aromatic N) is 1. The maximum atomic E-state index is 10.6. The van der Waals surface area contributed by atoms with Crippen LogP contribution in [0.2, 0.25) is 0 Å². The summed E-state index contributed by atoms with van der Waals surface area (Å²) in [6.45, 7) is 3.72. The Morgan fingerprint density at radius 1 is 1.67 bits per heavy atom. The van der Waals surface area contributed by atoms with Gasteiger partial charge in [0.15, 0.2) is 0 Å². The van der Waals surface area contributed by atoms with Crippen LogP contribution in [0.1, 0.15) is 6.92 Å². The number of ether oxygens (including phenoxy) is 1. The highest BCUT2D eigenvalue weighted by molar-refractivity contribution is 5.93. The first-order valence-electron chi connectivity index (χ1n) is 4.00. The van der Waals surface area contributed by atoms with Crippen LogP contribution in [0.25, 0.3) is 0 Å². The summed E-state index contributed by atoms with van der Waals surface area (Å²) < 4.78 is 5.23. The predicted octanol–water partition coefficient (Wildman–Crippen LogP) is -0.0906. The maximum Gasteiger partial charge on any atom is 0.202 e. The van der Waals surface area contributed by atoms with Gasteiger partial charge in [0, 0.05) is 13.5 Å². The van der Waals surface area contributed by atoms with E-state index in [0.717, 1.165) is 13.2 Å². The molecule has 1 atom stereocenters. The van der Waals surface area contributed by atoms with E-state index in [0.29, 0.717) is 6.61 Å². The molecule has 1 fully saturated rings. The summed E-state index contributed by atoms with van der Waals surface area (Å²) in [5.74, 6) is 5.32. The van der Waals surface area contributed by atoms with Gasteiger partial charge in [0.2, 0.25) is 5.78 Å². The number of morpholine rings is 1. The van der Waals surface area contributed by atoms with Gasteiger partial charge in [0.1, 0.15) is 0 Å². The SMILES string of the molecule is CC(=O)C#CC1COCCN1C. The van der Waals surface area contributed by atoms with E-state index in [1.807, 2.05) is 7.05 Å². The zero-order chi connectivity index (χ0) is 8.97. The molecule has 3 nitrogen and oxygen atoms in total. The summed E-state index contributed by atoms with van der Waals surface area (Å²) in [5, 5.41) is 0. The third-order valence-electron chi connectivity index (χ3n) is 1.81. The fourth-order valence-corrected chi connectivity index (χ4v) is 1.02. The highest BCUT2D eigenvalue weighted by atomic mass is 16.5. The summed E-state index contributed by atoms with van der Waals surface area (Å²) >= 11 is 0. The van der Waals surface area contributed by atoms with Gasteiger partial charge in [-0.15, -0.1) is 0 Å². The van der Waals surface area contributed by atoms with Crippen molar-refractivity contribution in [3.63, 3.8) is 0 Å². The molecular formula is C9H13NO2. The molecule has 1 aliphatic rings. The second-order valence-corrected chi connectivity index (χ2v) is 2.90. The van der Waals surface area contributed by atoms with Crippen molar-refractivity contribution >= 4 is 5.78 Å². The van der Waals surface area contributed by atoms with Crippen LogP contribution in [-0.4, -0.2) is 43.5 Å². The Morgan fingerprint density at radius 3 is 3.00 bits per heavy atom. The van der Waals surface area contributed by atoms with Crippen LogP contribution in [-0.2, 0) is 9.53 Å². The van der Waals surface area contributed by atoms with Crippen molar-refractivity contribution in [2.75, 3.05) is 26.8 Å². The Hall–Kier alpha value is -0.850. The molecule has 1 unspecified atom stereocenters. The number of hydrogen-bond acceptors (Lipinski definition) is 3. The second-order valence-electron chi connectivity index (χ2n) is 2.90. The van der Waals surface area contributed by atoms with E-state index in [1.54, 1.807) is 0 Å². The molecule has 0 amide bonds. The number of ketones is 1. The first-order chi connectivity index (χ1) is 5.70. The summed E-state index contributed by atoms with van der Waals surface area (Å²) in [5.41, 5.74) is 0. The standard InChI is InChI=1S/C9H13NO2/c1-8(11)3-4-9-7-12-6-5-10(9)2/h9H,5-7H2,1-2H3. The molecule has 1 aliphatic heterocycles. The number of likely N-dealkylation sites (N-methyl/N-ethyl adjacent to an activating group) is 1. The molecule has 0 radical (unpaired) electrons. The van der Waals surface area contributed by atoms with Crippen LogP contribution in [0.5, 0.6) is 0 Å². The number of carbonyl (C=O) groups is 1. The Morgan fingerprint density at radius 2 is 2.42 bits per heavy atom. The first-order valence-corrected chi connectivity index (χ1v) is 4.00. The zero-order valence-electron chi connectivity index (χ0n) is 7.46.